The van der Waals surface area contributed by atoms with E-state index in [2.05, 4.69) is 5.32 Å². The summed E-state index contributed by atoms with van der Waals surface area (Å²) in [6, 6.07) is 6.69. The predicted molar refractivity (Wildman–Crippen MR) is 111 cm³/mol. The molecule has 1 aromatic carbocycles. The molecule has 1 saturated heterocycles. The fourth-order valence-electron chi connectivity index (χ4n) is 4.89. The molecule has 1 saturated carbocycles. The van der Waals surface area contributed by atoms with Crippen molar-refractivity contribution in [1.29, 1.82) is 0 Å². The van der Waals surface area contributed by atoms with Crippen molar-refractivity contribution in [2.24, 2.45) is 11.7 Å². The molecular weight excluding hydrogens is 386 g/mol. The second-order valence-electron chi connectivity index (χ2n) is 8.32. The minimum atomic E-state index is -1.05. The highest BCUT2D eigenvalue weighted by Gasteiger charge is 2.48. The van der Waals surface area contributed by atoms with Crippen molar-refractivity contribution in [1.82, 2.24) is 10.2 Å². The van der Waals surface area contributed by atoms with Crippen molar-refractivity contribution in [2.45, 2.75) is 69.1 Å². The van der Waals surface area contributed by atoms with E-state index in [0.717, 1.165) is 31.2 Å². The number of carbonyl (C=O) groups is 3. The molecule has 1 aliphatic carbocycles. The molecule has 1 heterocycles. The van der Waals surface area contributed by atoms with Crippen LogP contribution in [0.3, 0.4) is 0 Å². The van der Waals surface area contributed by atoms with E-state index in [9.17, 15) is 24.6 Å². The van der Waals surface area contributed by atoms with Crippen LogP contribution in [0.4, 0.5) is 0 Å². The lowest BCUT2D eigenvalue weighted by Gasteiger charge is -2.35. The van der Waals surface area contributed by atoms with Gasteiger partial charge in [0.15, 0.2) is 0 Å². The molecule has 0 aromatic heterocycles. The third-order valence-electron chi connectivity index (χ3n) is 6.43. The highest BCUT2D eigenvalue weighted by atomic mass is 16.4. The first-order valence-corrected chi connectivity index (χ1v) is 10.7. The summed E-state index contributed by atoms with van der Waals surface area (Å²) in [6.45, 7) is -0.0891. The molecule has 8 heteroatoms. The fraction of sp³-hybridized carbons (Fsp3) is 0.591. The number of aliphatic carboxylic acids is 2. The highest BCUT2D eigenvalue weighted by molar-refractivity contribution is 5.89. The standard InChI is InChI=1S/C22H31N3O5/c23-13-17(24-16(21(27)28)11-10-14-6-2-1-3-7-14)20(26)25-18-9-5-4-8-15(18)12-19(25)22(29)30/h1-3,6-7,15-19,24H,4-5,8-13,23H2,(H,27,28)(H,29,30)/t15?,16-,17-,18?,19-/m0/s1. The zero-order valence-corrected chi connectivity index (χ0v) is 17.1. The van der Waals surface area contributed by atoms with E-state index in [1.54, 1.807) is 0 Å². The molecule has 1 amide bonds. The van der Waals surface area contributed by atoms with E-state index in [1.165, 1.54) is 4.90 Å². The number of amides is 1. The van der Waals surface area contributed by atoms with E-state index >= 15 is 0 Å². The number of nitrogens with two attached hydrogens (primary N) is 1. The quantitative estimate of drug-likeness (QED) is 0.475. The Morgan fingerprint density at radius 3 is 2.43 bits per heavy atom. The van der Waals surface area contributed by atoms with Crippen LogP contribution in [-0.4, -0.2) is 63.7 Å². The summed E-state index contributed by atoms with van der Waals surface area (Å²) in [7, 11) is 0. The number of hydrogen-bond acceptors (Lipinski definition) is 5. The number of fused-ring (bicyclic) bond motifs is 1. The Morgan fingerprint density at radius 1 is 1.10 bits per heavy atom. The van der Waals surface area contributed by atoms with Crippen molar-refractivity contribution in [3.63, 3.8) is 0 Å². The van der Waals surface area contributed by atoms with Gasteiger partial charge in [0, 0.05) is 12.6 Å². The molecule has 1 aromatic rings. The molecule has 5 N–H and O–H groups in total. The van der Waals surface area contributed by atoms with Gasteiger partial charge in [-0.15, -0.1) is 0 Å². The molecule has 8 nitrogen and oxygen atoms in total. The largest absolute Gasteiger partial charge is 0.480 e. The third kappa shape index (κ3) is 4.99. The van der Waals surface area contributed by atoms with Crippen molar-refractivity contribution in [3.8, 4) is 0 Å². The smallest absolute Gasteiger partial charge is 0.326 e. The van der Waals surface area contributed by atoms with Crippen LogP contribution >= 0.6 is 0 Å². The Hall–Kier alpha value is -2.45. The second kappa shape index (κ2) is 10.0. The van der Waals surface area contributed by atoms with Gasteiger partial charge in [0.2, 0.25) is 5.91 Å². The van der Waals surface area contributed by atoms with E-state index in [-0.39, 0.29) is 18.5 Å². The molecule has 2 aliphatic rings. The fourth-order valence-corrected chi connectivity index (χ4v) is 4.89. The maximum atomic E-state index is 13.3. The molecule has 30 heavy (non-hydrogen) atoms. The number of hydrogen-bond donors (Lipinski definition) is 4. The maximum absolute atomic E-state index is 13.3. The summed E-state index contributed by atoms with van der Waals surface area (Å²) in [5.74, 6) is -2.27. The van der Waals surface area contributed by atoms with Gasteiger partial charge in [0.25, 0.3) is 0 Å². The SMILES string of the molecule is NC[C@H](N[C@@H](CCc1ccccc1)C(=O)O)C(=O)N1C2CCCCC2C[C@H]1C(=O)O. The zero-order valence-electron chi connectivity index (χ0n) is 17.1. The van der Waals surface area contributed by atoms with Crippen molar-refractivity contribution < 1.29 is 24.6 Å². The molecule has 2 unspecified atom stereocenters. The number of carbonyl (C=O) groups excluding carboxylic acids is 1. The number of aryl methyl sites for hydroxylation is 1. The second-order valence-corrected chi connectivity index (χ2v) is 8.32. The summed E-state index contributed by atoms with van der Waals surface area (Å²) in [5.41, 5.74) is 6.85. The van der Waals surface area contributed by atoms with Gasteiger partial charge >= 0.3 is 11.9 Å². The molecule has 0 bridgehead atoms. The number of carboxylic acids is 2. The Labute approximate surface area is 176 Å². The summed E-state index contributed by atoms with van der Waals surface area (Å²) >= 11 is 0. The van der Waals surface area contributed by atoms with Crippen molar-refractivity contribution in [2.75, 3.05) is 6.54 Å². The highest BCUT2D eigenvalue weighted by Crippen LogP contribution is 2.40. The van der Waals surface area contributed by atoms with E-state index in [0.29, 0.717) is 19.3 Å². The van der Waals surface area contributed by atoms with Crippen LogP contribution in [0.1, 0.15) is 44.1 Å². The zero-order chi connectivity index (χ0) is 21.7. The average Bonchev–Trinajstić information content (AvgIpc) is 3.14. The van der Waals surface area contributed by atoms with Crippen LogP contribution in [0.5, 0.6) is 0 Å². The third-order valence-corrected chi connectivity index (χ3v) is 6.43. The summed E-state index contributed by atoms with van der Waals surface area (Å²) in [4.78, 5) is 38.4. The number of benzene rings is 1. The minimum absolute atomic E-state index is 0.0891. The van der Waals surface area contributed by atoms with Gasteiger partial charge in [-0.05, 0) is 43.6 Å². The number of carboxylic acid groups (broad SMARTS) is 2. The normalized spacial score (nSPS) is 25.4. The number of nitrogens with zero attached hydrogens (tertiary/aromatic N) is 1. The van der Waals surface area contributed by atoms with Gasteiger partial charge in [0.05, 0.1) is 6.04 Å². The van der Waals surface area contributed by atoms with Gasteiger partial charge in [-0.3, -0.25) is 14.9 Å². The Morgan fingerprint density at radius 2 is 1.80 bits per heavy atom. The topological polar surface area (TPSA) is 133 Å². The maximum Gasteiger partial charge on any atom is 0.326 e. The first-order chi connectivity index (χ1) is 14.4. The van der Waals surface area contributed by atoms with E-state index < -0.39 is 36.0 Å². The number of likely N-dealkylation sites (tertiary alicyclic amines) is 1. The molecular formula is C22H31N3O5. The first-order valence-electron chi connectivity index (χ1n) is 10.7. The molecule has 3 rings (SSSR count). The number of rotatable bonds is 9. The summed E-state index contributed by atoms with van der Waals surface area (Å²) < 4.78 is 0. The summed E-state index contributed by atoms with van der Waals surface area (Å²) in [6.07, 6.45) is 5.03. The minimum Gasteiger partial charge on any atom is -0.480 e. The molecule has 0 spiro atoms. The van der Waals surface area contributed by atoms with Gasteiger partial charge in [-0.2, -0.15) is 0 Å². The lowest BCUT2D eigenvalue weighted by molar-refractivity contribution is -0.151. The van der Waals surface area contributed by atoms with Crippen LogP contribution in [0.15, 0.2) is 30.3 Å². The first kappa shape index (κ1) is 22.2. The van der Waals surface area contributed by atoms with Crippen molar-refractivity contribution >= 4 is 17.8 Å². The van der Waals surface area contributed by atoms with E-state index in [1.807, 2.05) is 30.3 Å². The summed E-state index contributed by atoms with van der Waals surface area (Å²) in [5, 5.41) is 22.2. The average molecular weight is 418 g/mol. The Balaban J connectivity index is 1.71. The lowest BCUT2D eigenvalue weighted by atomic mass is 9.84. The van der Waals surface area contributed by atoms with Crippen LogP contribution in [0.2, 0.25) is 0 Å². The van der Waals surface area contributed by atoms with Gasteiger partial charge in [-0.25, -0.2) is 4.79 Å². The predicted octanol–water partition coefficient (Wildman–Crippen LogP) is 1.23. The van der Waals surface area contributed by atoms with Gasteiger partial charge in [0.1, 0.15) is 12.1 Å². The number of nitrogens with one attached hydrogen (secondary N) is 1. The molecule has 1 aliphatic heterocycles. The molecule has 5 atom stereocenters. The van der Waals surface area contributed by atoms with Crippen molar-refractivity contribution in [3.05, 3.63) is 35.9 Å². The van der Waals surface area contributed by atoms with Crippen LogP contribution < -0.4 is 11.1 Å². The lowest BCUT2D eigenvalue weighted by Crippen LogP contribution is -2.58. The monoisotopic (exact) mass is 417 g/mol. The molecule has 0 radical (unpaired) electrons. The molecule has 164 valence electrons. The van der Waals surface area contributed by atoms with Gasteiger partial charge < -0.3 is 20.8 Å². The van der Waals surface area contributed by atoms with Gasteiger partial charge in [-0.1, -0.05) is 43.2 Å². The van der Waals surface area contributed by atoms with Crippen LogP contribution in [0.25, 0.3) is 0 Å². The Kier molecular flexibility index (Phi) is 7.44. The molecule has 2 fully saturated rings. The van der Waals surface area contributed by atoms with Crippen LogP contribution in [-0.2, 0) is 20.8 Å². The van der Waals surface area contributed by atoms with E-state index in [4.69, 9.17) is 5.73 Å². The van der Waals surface area contributed by atoms with Crippen LogP contribution in [0, 0.1) is 5.92 Å². The Bertz CT molecular complexity index is 756.